The SMILES string of the molecule is CCC(C)(C)C1CCC2(CC1)NC(=O)N(CC(=O)NC1CCNC(C)C1)C2=O. The number of piperidine rings is 1. The zero-order valence-electron chi connectivity index (χ0n) is 17.8. The van der Waals surface area contributed by atoms with E-state index in [4.69, 9.17) is 0 Å². The van der Waals surface area contributed by atoms with Crippen molar-refractivity contribution in [1.29, 1.82) is 0 Å². The molecule has 1 aliphatic carbocycles. The Bertz CT molecular complexity index is 625. The molecule has 2 unspecified atom stereocenters. The highest BCUT2D eigenvalue weighted by Gasteiger charge is 2.53. The van der Waals surface area contributed by atoms with E-state index in [2.05, 4.69) is 43.6 Å². The second kappa shape index (κ2) is 8.01. The van der Waals surface area contributed by atoms with Crippen LogP contribution < -0.4 is 16.0 Å². The van der Waals surface area contributed by atoms with Gasteiger partial charge in [0.1, 0.15) is 12.1 Å². The molecular weight excluding hydrogens is 356 g/mol. The largest absolute Gasteiger partial charge is 0.352 e. The molecule has 4 amide bonds. The van der Waals surface area contributed by atoms with E-state index in [-0.39, 0.29) is 29.8 Å². The van der Waals surface area contributed by atoms with Gasteiger partial charge in [-0.3, -0.25) is 14.5 Å². The van der Waals surface area contributed by atoms with Gasteiger partial charge in [-0.05, 0) is 63.3 Å². The van der Waals surface area contributed by atoms with E-state index in [1.54, 1.807) is 0 Å². The van der Waals surface area contributed by atoms with E-state index in [1.165, 1.54) is 0 Å². The van der Waals surface area contributed by atoms with Crippen molar-refractivity contribution in [2.75, 3.05) is 13.1 Å². The molecule has 2 atom stereocenters. The summed E-state index contributed by atoms with van der Waals surface area (Å²) in [4.78, 5) is 39.1. The zero-order chi connectivity index (χ0) is 20.5. The average Bonchev–Trinajstić information content (AvgIpc) is 2.86. The van der Waals surface area contributed by atoms with Crippen LogP contribution in [0.5, 0.6) is 0 Å². The van der Waals surface area contributed by atoms with E-state index in [1.807, 2.05) is 0 Å². The fourth-order valence-electron chi connectivity index (χ4n) is 5.02. The number of urea groups is 1. The molecule has 0 radical (unpaired) electrons. The monoisotopic (exact) mass is 392 g/mol. The van der Waals surface area contributed by atoms with Gasteiger partial charge in [-0.15, -0.1) is 0 Å². The fraction of sp³-hybridized carbons (Fsp3) is 0.857. The predicted octanol–water partition coefficient (Wildman–Crippen LogP) is 2.16. The van der Waals surface area contributed by atoms with E-state index in [0.717, 1.165) is 43.5 Å². The van der Waals surface area contributed by atoms with Crippen LogP contribution in [0.15, 0.2) is 0 Å². The van der Waals surface area contributed by atoms with Crippen LogP contribution in [-0.4, -0.2) is 53.5 Å². The summed E-state index contributed by atoms with van der Waals surface area (Å²) in [6.07, 6.45) is 6.02. The van der Waals surface area contributed by atoms with E-state index < -0.39 is 11.6 Å². The van der Waals surface area contributed by atoms with Crippen molar-refractivity contribution in [2.24, 2.45) is 11.3 Å². The predicted molar refractivity (Wildman–Crippen MR) is 108 cm³/mol. The zero-order valence-corrected chi connectivity index (χ0v) is 17.8. The van der Waals surface area contributed by atoms with Gasteiger partial charge in [-0.25, -0.2) is 4.79 Å². The third-order valence-electron chi connectivity index (χ3n) is 7.39. The fourth-order valence-corrected chi connectivity index (χ4v) is 5.02. The summed E-state index contributed by atoms with van der Waals surface area (Å²) < 4.78 is 0. The molecule has 3 rings (SSSR count). The first-order valence-corrected chi connectivity index (χ1v) is 10.8. The minimum atomic E-state index is -0.805. The van der Waals surface area contributed by atoms with Crippen molar-refractivity contribution in [3.05, 3.63) is 0 Å². The number of nitrogens with zero attached hydrogens (tertiary/aromatic N) is 1. The third-order valence-corrected chi connectivity index (χ3v) is 7.39. The first kappa shape index (κ1) is 21.1. The Labute approximate surface area is 168 Å². The number of hydrogen-bond donors (Lipinski definition) is 3. The van der Waals surface area contributed by atoms with Gasteiger partial charge in [-0.1, -0.05) is 27.2 Å². The summed E-state index contributed by atoms with van der Waals surface area (Å²) in [5.74, 6) is 0.0895. The van der Waals surface area contributed by atoms with Gasteiger partial charge in [0, 0.05) is 12.1 Å². The lowest BCUT2D eigenvalue weighted by Gasteiger charge is -2.42. The van der Waals surface area contributed by atoms with E-state index >= 15 is 0 Å². The Kier molecular flexibility index (Phi) is 6.03. The Balaban J connectivity index is 1.57. The van der Waals surface area contributed by atoms with Crippen LogP contribution in [0, 0.1) is 11.3 Å². The van der Waals surface area contributed by atoms with Gasteiger partial charge in [0.05, 0.1) is 0 Å². The molecule has 2 saturated heterocycles. The van der Waals surface area contributed by atoms with Crippen molar-refractivity contribution in [2.45, 2.75) is 90.3 Å². The minimum Gasteiger partial charge on any atom is -0.352 e. The minimum absolute atomic E-state index is 0.102. The molecule has 3 N–H and O–H groups in total. The van der Waals surface area contributed by atoms with Crippen LogP contribution in [-0.2, 0) is 9.59 Å². The molecule has 3 fully saturated rings. The van der Waals surface area contributed by atoms with E-state index in [9.17, 15) is 14.4 Å². The van der Waals surface area contributed by atoms with E-state index in [0.29, 0.717) is 24.8 Å². The van der Waals surface area contributed by atoms with Crippen molar-refractivity contribution in [3.63, 3.8) is 0 Å². The molecule has 7 heteroatoms. The summed E-state index contributed by atoms with van der Waals surface area (Å²) in [7, 11) is 0. The third kappa shape index (κ3) is 4.19. The van der Waals surface area contributed by atoms with Gasteiger partial charge in [0.15, 0.2) is 0 Å². The van der Waals surface area contributed by atoms with Gasteiger partial charge in [0.2, 0.25) is 5.91 Å². The maximum atomic E-state index is 13.1. The normalized spacial score (nSPS) is 33.9. The molecule has 28 heavy (non-hydrogen) atoms. The molecule has 2 heterocycles. The molecule has 0 aromatic heterocycles. The Hall–Kier alpha value is -1.63. The molecule has 7 nitrogen and oxygen atoms in total. The highest BCUT2D eigenvalue weighted by Crippen LogP contribution is 2.45. The summed E-state index contributed by atoms with van der Waals surface area (Å²) in [5.41, 5.74) is -0.556. The molecule has 0 bridgehead atoms. The maximum Gasteiger partial charge on any atom is 0.325 e. The number of carbonyl (C=O) groups is 3. The molecule has 158 valence electrons. The quantitative estimate of drug-likeness (QED) is 0.626. The van der Waals surface area contributed by atoms with Gasteiger partial charge < -0.3 is 16.0 Å². The number of rotatable bonds is 5. The molecule has 1 saturated carbocycles. The molecule has 3 aliphatic rings. The van der Waals surface area contributed by atoms with Crippen LogP contribution in [0.25, 0.3) is 0 Å². The summed E-state index contributed by atoms with van der Waals surface area (Å²) in [6.45, 7) is 9.54. The lowest BCUT2D eigenvalue weighted by molar-refractivity contribution is -0.136. The second-order valence-electron chi connectivity index (χ2n) is 9.66. The second-order valence-corrected chi connectivity index (χ2v) is 9.66. The van der Waals surface area contributed by atoms with Crippen molar-refractivity contribution in [1.82, 2.24) is 20.9 Å². The van der Waals surface area contributed by atoms with Crippen molar-refractivity contribution >= 4 is 17.8 Å². The molecular formula is C21H36N4O3. The number of amides is 4. The highest BCUT2D eigenvalue weighted by atomic mass is 16.2. The van der Waals surface area contributed by atoms with Gasteiger partial charge >= 0.3 is 6.03 Å². The molecule has 0 aromatic carbocycles. The smallest absolute Gasteiger partial charge is 0.325 e. The van der Waals surface area contributed by atoms with Crippen molar-refractivity contribution in [3.8, 4) is 0 Å². The Morgan fingerprint density at radius 2 is 1.93 bits per heavy atom. The van der Waals surface area contributed by atoms with Crippen LogP contribution >= 0.6 is 0 Å². The maximum absolute atomic E-state index is 13.1. The first-order valence-electron chi connectivity index (χ1n) is 10.8. The van der Waals surface area contributed by atoms with Crippen LogP contribution in [0.3, 0.4) is 0 Å². The average molecular weight is 393 g/mol. The highest BCUT2D eigenvalue weighted by molar-refractivity contribution is 6.09. The lowest BCUT2D eigenvalue weighted by atomic mass is 9.65. The van der Waals surface area contributed by atoms with Gasteiger partial charge in [0.25, 0.3) is 5.91 Å². The lowest BCUT2D eigenvalue weighted by Crippen LogP contribution is -2.52. The number of imide groups is 1. The Morgan fingerprint density at radius 1 is 1.25 bits per heavy atom. The van der Waals surface area contributed by atoms with Crippen molar-refractivity contribution < 1.29 is 14.4 Å². The number of hydrogen-bond acceptors (Lipinski definition) is 4. The summed E-state index contributed by atoms with van der Waals surface area (Å²) >= 11 is 0. The first-order chi connectivity index (χ1) is 13.2. The molecule has 2 aliphatic heterocycles. The standard InChI is InChI=1S/C21H36N4O3/c1-5-20(3,4)15-6-9-21(10-7-15)18(27)25(19(28)24-21)13-17(26)23-16-8-11-22-14(2)12-16/h14-16,22H,5-13H2,1-4H3,(H,23,26)(H,24,28). The summed E-state index contributed by atoms with van der Waals surface area (Å²) in [5, 5.41) is 9.26. The van der Waals surface area contributed by atoms with Crippen LogP contribution in [0.4, 0.5) is 4.79 Å². The van der Waals surface area contributed by atoms with Gasteiger partial charge in [-0.2, -0.15) is 0 Å². The summed E-state index contributed by atoms with van der Waals surface area (Å²) in [6, 6.07) is 0.0406. The molecule has 0 aromatic rings. The Morgan fingerprint density at radius 3 is 2.54 bits per heavy atom. The topological polar surface area (TPSA) is 90.5 Å². The van der Waals surface area contributed by atoms with Crippen LogP contribution in [0.2, 0.25) is 0 Å². The van der Waals surface area contributed by atoms with Crippen LogP contribution in [0.1, 0.15) is 72.6 Å². The number of carbonyl (C=O) groups excluding carboxylic acids is 3. The molecule has 1 spiro atoms. The number of nitrogens with one attached hydrogen (secondary N) is 3.